The molecule has 1 aliphatic carbocycles. The van der Waals surface area contributed by atoms with E-state index in [0.717, 1.165) is 22.2 Å². The Bertz CT molecular complexity index is 581. The highest BCUT2D eigenvalue weighted by Gasteiger charge is 2.21. The molecule has 19 heavy (non-hydrogen) atoms. The Kier molecular flexibility index (Phi) is 3.82. The molecule has 0 atom stereocenters. The lowest BCUT2D eigenvalue weighted by Gasteiger charge is -2.10. The standard InChI is InChI=1S/C14H15ClN2OS/c1-9-8-18-14(17-9)19-13-10(3-2-4-12(13)15)7-16-11-5-6-11/h2-4,8,11,16H,5-7H2,1H3. The van der Waals surface area contributed by atoms with Crippen molar-refractivity contribution in [1.82, 2.24) is 10.3 Å². The summed E-state index contributed by atoms with van der Waals surface area (Å²) in [5.41, 5.74) is 2.08. The molecular formula is C14H15ClN2OS. The topological polar surface area (TPSA) is 38.1 Å². The van der Waals surface area contributed by atoms with Gasteiger partial charge in [-0.15, -0.1) is 0 Å². The molecule has 0 amide bonds. The van der Waals surface area contributed by atoms with E-state index in [-0.39, 0.29) is 0 Å². The van der Waals surface area contributed by atoms with Gasteiger partial charge in [-0.1, -0.05) is 23.7 Å². The smallest absolute Gasteiger partial charge is 0.260 e. The molecule has 0 unspecified atom stereocenters. The number of oxazole rings is 1. The Morgan fingerprint density at radius 3 is 3.00 bits per heavy atom. The number of hydrogen-bond acceptors (Lipinski definition) is 4. The van der Waals surface area contributed by atoms with Crippen molar-refractivity contribution in [3.05, 3.63) is 40.7 Å². The molecule has 0 radical (unpaired) electrons. The molecule has 0 bridgehead atoms. The van der Waals surface area contributed by atoms with Crippen LogP contribution < -0.4 is 5.32 Å². The Hall–Kier alpha value is -0.970. The van der Waals surface area contributed by atoms with E-state index in [2.05, 4.69) is 16.4 Å². The normalized spacial score (nSPS) is 14.8. The molecule has 100 valence electrons. The first-order valence-corrected chi connectivity index (χ1v) is 7.52. The number of nitrogens with zero attached hydrogens (tertiary/aromatic N) is 1. The zero-order valence-electron chi connectivity index (χ0n) is 10.6. The fourth-order valence-corrected chi connectivity index (χ4v) is 3.02. The minimum Gasteiger partial charge on any atom is -0.439 e. The third kappa shape index (κ3) is 3.32. The maximum absolute atomic E-state index is 6.30. The van der Waals surface area contributed by atoms with E-state index in [9.17, 15) is 0 Å². The van der Waals surface area contributed by atoms with Crippen molar-refractivity contribution in [3.8, 4) is 0 Å². The molecular weight excluding hydrogens is 280 g/mol. The Balaban J connectivity index is 1.80. The van der Waals surface area contributed by atoms with Gasteiger partial charge in [0.15, 0.2) is 0 Å². The van der Waals surface area contributed by atoms with Crippen LogP contribution in [0.15, 0.2) is 39.0 Å². The summed E-state index contributed by atoms with van der Waals surface area (Å²) in [6.45, 7) is 2.75. The van der Waals surface area contributed by atoms with Gasteiger partial charge in [0.05, 0.1) is 10.7 Å². The summed E-state index contributed by atoms with van der Waals surface area (Å²) in [6, 6.07) is 6.66. The first-order chi connectivity index (χ1) is 9.22. The fourth-order valence-electron chi connectivity index (χ4n) is 1.82. The van der Waals surface area contributed by atoms with E-state index in [1.165, 1.54) is 30.2 Å². The largest absolute Gasteiger partial charge is 0.439 e. The molecule has 1 N–H and O–H groups in total. The second kappa shape index (κ2) is 5.57. The lowest BCUT2D eigenvalue weighted by Crippen LogP contribution is -2.15. The highest BCUT2D eigenvalue weighted by molar-refractivity contribution is 7.99. The molecule has 1 aliphatic rings. The molecule has 1 aromatic heterocycles. The van der Waals surface area contributed by atoms with Crippen LogP contribution in [0.25, 0.3) is 0 Å². The molecule has 1 aromatic carbocycles. The highest BCUT2D eigenvalue weighted by atomic mass is 35.5. The van der Waals surface area contributed by atoms with Crippen LogP contribution in [0.1, 0.15) is 24.1 Å². The average Bonchev–Trinajstić information content (AvgIpc) is 3.13. The van der Waals surface area contributed by atoms with Crippen LogP contribution in [-0.4, -0.2) is 11.0 Å². The number of aryl methyl sites for hydroxylation is 1. The molecule has 1 saturated carbocycles. The first-order valence-electron chi connectivity index (χ1n) is 6.33. The molecule has 1 fully saturated rings. The van der Waals surface area contributed by atoms with Crippen LogP contribution >= 0.6 is 23.4 Å². The molecule has 1 heterocycles. The van der Waals surface area contributed by atoms with Crippen molar-refractivity contribution in [2.45, 2.75) is 42.5 Å². The van der Waals surface area contributed by atoms with Gasteiger partial charge in [-0.2, -0.15) is 0 Å². The van der Waals surface area contributed by atoms with Crippen molar-refractivity contribution >= 4 is 23.4 Å². The molecule has 3 rings (SSSR count). The van der Waals surface area contributed by atoms with Gasteiger partial charge in [0.1, 0.15) is 6.26 Å². The van der Waals surface area contributed by atoms with Crippen LogP contribution in [0.5, 0.6) is 0 Å². The number of benzene rings is 1. The van der Waals surface area contributed by atoms with Crippen LogP contribution in [-0.2, 0) is 6.54 Å². The maximum atomic E-state index is 6.30. The predicted molar refractivity (Wildman–Crippen MR) is 76.7 cm³/mol. The lowest BCUT2D eigenvalue weighted by atomic mass is 10.2. The zero-order chi connectivity index (χ0) is 13.2. The van der Waals surface area contributed by atoms with Gasteiger partial charge in [0.25, 0.3) is 5.22 Å². The minimum absolute atomic E-state index is 0.637. The van der Waals surface area contributed by atoms with Gasteiger partial charge in [0, 0.05) is 17.5 Å². The monoisotopic (exact) mass is 294 g/mol. The number of aromatic nitrogens is 1. The van der Waals surface area contributed by atoms with E-state index in [1.54, 1.807) is 6.26 Å². The van der Waals surface area contributed by atoms with Gasteiger partial charge >= 0.3 is 0 Å². The summed E-state index contributed by atoms with van der Waals surface area (Å²) < 4.78 is 5.39. The van der Waals surface area contributed by atoms with Gasteiger partial charge in [-0.25, -0.2) is 4.98 Å². The van der Waals surface area contributed by atoms with E-state index >= 15 is 0 Å². The summed E-state index contributed by atoms with van der Waals surface area (Å²) in [5.74, 6) is 0. The third-order valence-electron chi connectivity index (χ3n) is 2.99. The average molecular weight is 295 g/mol. The second-order valence-corrected chi connectivity index (χ2v) is 6.11. The van der Waals surface area contributed by atoms with Crippen LogP contribution in [0, 0.1) is 6.92 Å². The molecule has 0 aliphatic heterocycles. The number of hydrogen-bond donors (Lipinski definition) is 1. The molecule has 0 saturated heterocycles. The SMILES string of the molecule is Cc1coc(Sc2c(Cl)cccc2CNC2CC2)n1. The molecule has 5 heteroatoms. The summed E-state index contributed by atoms with van der Waals surface area (Å²) >= 11 is 7.78. The number of halogens is 1. The highest BCUT2D eigenvalue weighted by Crippen LogP contribution is 2.36. The molecule has 0 spiro atoms. The lowest BCUT2D eigenvalue weighted by molar-refractivity contribution is 0.454. The Morgan fingerprint density at radius 1 is 1.47 bits per heavy atom. The van der Waals surface area contributed by atoms with Crippen molar-refractivity contribution in [3.63, 3.8) is 0 Å². The first kappa shape index (κ1) is 13.0. The van der Waals surface area contributed by atoms with Crippen molar-refractivity contribution in [2.75, 3.05) is 0 Å². The van der Waals surface area contributed by atoms with Crippen LogP contribution in [0.4, 0.5) is 0 Å². The quantitative estimate of drug-likeness (QED) is 0.903. The zero-order valence-corrected chi connectivity index (χ0v) is 12.2. The van der Waals surface area contributed by atoms with Gasteiger partial charge < -0.3 is 9.73 Å². The molecule has 3 nitrogen and oxygen atoms in total. The minimum atomic E-state index is 0.637. The van der Waals surface area contributed by atoms with Gasteiger partial charge in [0.2, 0.25) is 0 Å². The van der Waals surface area contributed by atoms with E-state index in [4.69, 9.17) is 16.0 Å². The number of rotatable bonds is 5. The van der Waals surface area contributed by atoms with E-state index in [1.807, 2.05) is 19.1 Å². The summed E-state index contributed by atoms with van der Waals surface area (Å²) in [4.78, 5) is 5.34. The van der Waals surface area contributed by atoms with Gasteiger partial charge in [-0.05, 0) is 43.2 Å². The van der Waals surface area contributed by atoms with E-state index in [0.29, 0.717) is 11.3 Å². The van der Waals surface area contributed by atoms with Crippen molar-refractivity contribution in [2.24, 2.45) is 0 Å². The molecule has 2 aromatic rings. The van der Waals surface area contributed by atoms with Crippen LogP contribution in [0.2, 0.25) is 5.02 Å². The fraction of sp³-hybridized carbons (Fsp3) is 0.357. The van der Waals surface area contributed by atoms with Gasteiger partial charge in [-0.3, -0.25) is 0 Å². The maximum Gasteiger partial charge on any atom is 0.260 e. The summed E-state index contributed by atoms with van der Waals surface area (Å²) in [7, 11) is 0. The number of nitrogens with one attached hydrogen (secondary N) is 1. The van der Waals surface area contributed by atoms with E-state index < -0.39 is 0 Å². The third-order valence-corrected chi connectivity index (χ3v) is 4.47. The van der Waals surface area contributed by atoms with Crippen molar-refractivity contribution in [1.29, 1.82) is 0 Å². The van der Waals surface area contributed by atoms with Crippen molar-refractivity contribution < 1.29 is 4.42 Å². The summed E-state index contributed by atoms with van der Waals surface area (Å²) in [5, 5.41) is 4.89. The predicted octanol–water partition coefficient (Wildman–Crippen LogP) is 4.04. The Morgan fingerprint density at radius 2 is 2.32 bits per heavy atom. The summed E-state index contributed by atoms with van der Waals surface area (Å²) in [6.07, 6.45) is 4.21. The van der Waals surface area contributed by atoms with Crippen LogP contribution in [0.3, 0.4) is 0 Å². The Labute approximate surface area is 121 Å². The second-order valence-electron chi connectivity index (χ2n) is 4.74.